The highest BCUT2D eigenvalue weighted by Crippen LogP contribution is 2.41. The van der Waals surface area contributed by atoms with Crippen molar-refractivity contribution in [1.29, 1.82) is 0 Å². The minimum Gasteiger partial charge on any atom is -0.378 e. The average molecular weight is 452 g/mol. The quantitative estimate of drug-likeness (QED) is 0.598. The Labute approximate surface area is 177 Å². The number of fused-ring (bicyclic) bond motifs is 1. The first-order chi connectivity index (χ1) is 14.0. The van der Waals surface area contributed by atoms with Crippen LogP contribution in [0, 0.1) is 6.92 Å². The van der Waals surface area contributed by atoms with Gasteiger partial charge < -0.3 is 4.18 Å². The van der Waals surface area contributed by atoms with Gasteiger partial charge >= 0.3 is 10.1 Å². The van der Waals surface area contributed by atoms with E-state index in [1.807, 2.05) is 13.8 Å². The predicted octanol–water partition coefficient (Wildman–Crippen LogP) is 3.48. The molecule has 30 heavy (non-hydrogen) atoms. The summed E-state index contributed by atoms with van der Waals surface area (Å²) in [4.78, 5) is 12.2. The molecule has 1 unspecified atom stereocenters. The van der Waals surface area contributed by atoms with Gasteiger partial charge in [-0.3, -0.25) is 4.79 Å². The SMILES string of the molecule is CCN(CC)S(=O)(=O)c1ccc(S(=O)(=O)Oc2ccc(C)c3c2C(=O)CC3C)cc1. The van der Waals surface area contributed by atoms with Gasteiger partial charge in [0, 0.05) is 19.5 Å². The molecule has 0 spiro atoms. The fraction of sp³-hybridized carbons (Fsp3) is 0.381. The third-order valence-corrected chi connectivity index (χ3v) is 8.66. The van der Waals surface area contributed by atoms with Gasteiger partial charge in [0.1, 0.15) is 4.90 Å². The smallest absolute Gasteiger partial charge is 0.339 e. The van der Waals surface area contributed by atoms with Crippen molar-refractivity contribution in [2.75, 3.05) is 13.1 Å². The standard InChI is InChI=1S/C21H25NO6S2/c1-5-22(6-2)29(24,25)16-8-10-17(11-9-16)30(26,27)28-19-12-7-14(3)20-15(4)13-18(23)21(19)20/h7-12,15H,5-6,13H2,1-4H3. The van der Waals surface area contributed by atoms with Crippen LogP contribution in [0.2, 0.25) is 0 Å². The fourth-order valence-electron chi connectivity index (χ4n) is 3.84. The van der Waals surface area contributed by atoms with Gasteiger partial charge in [0.05, 0.1) is 10.5 Å². The fourth-order valence-corrected chi connectivity index (χ4v) is 6.23. The highest BCUT2D eigenvalue weighted by Gasteiger charge is 2.33. The average Bonchev–Trinajstić information content (AvgIpc) is 3.00. The summed E-state index contributed by atoms with van der Waals surface area (Å²) < 4.78 is 57.3. The molecule has 0 radical (unpaired) electrons. The molecule has 0 saturated heterocycles. The summed E-state index contributed by atoms with van der Waals surface area (Å²) in [6.07, 6.45) is 0.314. The second-order valence-electron chi connectivity index (χ2n) is 7.30. The van der Waals surface area contributed by atoms with Crippen molar-refractivity contribution in [2.24, 2.45) is 0 Å². The number of benzene rings is 2. The van der Waals surface area contributed by atoms with Crippen molar-refractivity contribution in [3.63, 3.8) is 0 Å². The molecule has 7 nitrogen and oxygen atoms in total. The minimum absolute atomic E-state index is 0.00308. The van der Waals surface area contributed by atoms with Gasteiger partial charge in [-0.25, -0.2) is 8.42 Å². The lowest BCUT2D eigenvalue weighted by Gasteiger charge is -2.18. The molecule has 3 rings (SSSR count). The molecule has 0 saturated carbocycles. The van der Waals surface area contributed by atoms with Crippen LogP contribution in [-0.2, 0) is 20.1 Å². The number of hydrogen-bond acceptors (Lipinski definition) is 6. The summed E-state index contributed by atoms with van der Waals surface area (Å²) >= 11 is 0. The molecule has 162 valence electrons. The third kappa shape index (κ3) is 3.89. The number of hydrogen-bond donors (Lipinski definition) is 0. The van der Waals surface area contributed by atoms with Gasteiger partial charge in [0.15, 0.2) is 11.5 Å². The lowest BCUT2D eigenvalue weighted by Crippen LogP contribution is -2.30. The van der Waals surface area contributed by atoms with E-state index in [4.69, 9.17) is 4.18 Å². The van der Waals surface area contributed by atoms with Crippen LogP contribution in [0.3, 0.4) is 0 Å². The molecule has 0 aliphatic heterocycles. The maximum atomic E-state index is 12.8. The number of sulfonamides is 1. The molecule has 2 aromatic carbocycles. The summed E-state index contributed by atoms with van der Waals surface area (Å²) in [6.45, 7) is 7.89. The maximum Gasteiger partial charge on any atom is 0.339 e. The monoisotopic (exact) mass is 451 g/mol. The van der Waals surface area contributed by atoms with Crippen LogP contribution >= 0.6 is 0 Å². The zero-order valence-corrected chi connectivity index (χ0v) is 19.0. The van der Waals surface area contributed by atoms with Gasteiger partial charge in [-0.05, 0) is 54.3 Å². The lowest BCUT2D eigenvalue weighted by atomic mass is 9.98. The summed E-state index contributed by atoms with van der Waals surface area (Å²) in [5.74, 6) is -0.139. The van der Waals surface area contributed by atoms with Crippen molar-refractivity contribution >= 4 is 25.9 Å². The Morgan fingerprint density at radius 3 is 2.10 bits per heavy atom. The van der Waals surface area contributed by atoms with Gasteiger partial charge in [-0.2, -0.15) is 12.7 Å². The molecule has 0 heterocycles. The first-order valence-electron chi connectivity index (χ1n) is 9.74. The molecule has 9 heteroatoms. The molecule has 0 bridgehead atoms. The second-order valence-corrected chi connectivity index (χ2v) is 10.8. The lowest BCUT2D eigenvalue weighted by molar-refractivity contribution is 0.0989. The van der Waals surface area contributed by atoms with Crippen molar-refractivity contribution in [3.05, 3.63) is 53.1 Å². The Morgan fingerprint density at radius 2 is 1.53 bits per heavy atom. The number of carbonyl (C=O) groups is 1. The molecular weight excluding hydrogens is 426 g/mol. The molecule has 2 aromatic rings. The van der Waals surface area contributed by atoms with E-state index in [9.17, 15) is 21.6 Å². The van der Waals surface area contributed by atoms with E-state index in [0.29, 0.717) is 25.1 Å². The van der Waals surface area contributed by atoms with Gasteiger partial charge in [0.2, 0.25) is 10.0 Å². The molecule has 0 N–H and O–H groups in total. The largest absolute Gasteiger partial charge is 0.378 e. The minimum atomic E-state index is -4.24. The summed E-state index contributed by atoms with van der Waals surface area (Å²) in [5.41, 5.74) is 2.04. The topological polar surface area (TPSA) is 97.8 Å². The molecule has 0 amide bonds. The van der Waals surface area contributed by atoms with E-state index >= 15 is 0 Å². The van der Waals surface area contributed by atoms with E-state index in [0.717, 1.165) is 11.1 Å². The Bertz CT molecular complexity index is 1180. The van der Waals surface area contributed by atoms with Crippen molar-refractivity contribution in [3.8, 4) is 5.75 Å². The van der Waals surface area contributed by atoms with Crippen LogP contribution in [0.5, 0.6) is 5.75 Å². The highest BCUT2D eigenvalue weighted by molar-refractivity contribution is 7.89. The normalized spacial score (nSPS) is 16.7. The Hall–Kier alpha value is -2.23. The van der Waals surface area contributed by atoms with Crippen molar-refractivity contribution < 1.29 is 25.8 Å². The Kier molecular flexibility index (Phi) is 6.08. The number of nitrogens with zero attached hydrogens (tertiary/aromatic N) is 1. The predicted molar refractivity (Wildman–Crippen MR) is 113 cm³/mol. The molecular formula is C21H25NO6S2. The Balaban J connectivity index is 1.94. The molecule has 1 aliphatic carbocycles. The van der Waals surface area contributed by atoms with E-state index in [2.05, 4.69) is 0 Å². The van der Waals surface area contributed by atoms with Crippen LogP contribution in [0.25, 0.3) is 0 Å². The maximum absolute atomic E-state index is 12.8. The van der Waals surface area contributed by atoms with Crippen LogP contribution < -0.4 is 4.18 Å². The number of ketones is 1. The van der Waals surface area contributed by atoms with E-state index in [1.54, 1.807) is 19.9 Å². The molecule has 0 aromatic heterocycles. The highest BCUT2D eigenvalue weighted by atomic mass is 32.2. The van der Waals surface area contributed by atoms with E-state index < -0.39 is 20.1 Å². The molecule has 1 aliphatic rings. The second kappa shape index (κ2) is 8.13. The van der Waals surface area contributed by atoms with Gasteiger partial charge in [0.25, 0.3) is 0 Å². The number of carbonyl (C=O) groups excluding carboxylic acids is 1. The number of aryl methyl sites for hydroxylation is 1. The summed E-state index contributed by atoms with van der Waals surface area (Å²) in [6, 6.07) is 8.11. The van der Waals surface area contributed by atoms with Crippen LogP contribution in [0.1, 0.15) is 54.6 Å². The van der Waals surface area contributed by atoms with Crippen molar-refractivity contribution in [1.82, 2.24) is 4.31 Å². The Morgan fingerprint density at radius 1 is 0.967 bits per heavy atom. The van der Waals surface area contributed by atoms with Gasteiger partial charge in [-0.1, -0.05) is 26.8 Å². The van der Waals surface area contributed by atoms with Gasteiger partial charge in [-0.15, -0.1) is 0 Å². The summed E-state index contributed by atoms with van der Waals surface area (Å²) in [7, 11) is -7.94. The van der Waals surface area contributed by atoms with Crippen LogP contribution in [0.15, 0.2) is 46.2 Å². The van der Waals surface area contributed by atoms with Crippen LogP contribution in [-0.4, -0.2) is 40.0 Å². The first-order valence-corrected chi connectivity index (χ1v) is 12.6. The molecule has 1 atom stereocenters. The van der Waals surface area contributed by atoms with Crippen LogP contribution in [0.4, 0.5) is 0 Å². The van der Waals surface area contributed by atoms with E-state index in [1.165, 1.54) is 34.6 Å². The number of rotatable bonds is 7. The molecule has 0 fully saturated rings. The zero-order chi connectivity index (χ0) is 22.3. The first kappa shape index (κ1) is 22.5. The van der Waals surface area contributed by atoms with Crippen molar-refractivity contribution in [2.45, 2.75) is 49.8 Å². The summed E-state index contributed by atoms with van der Waals surface area (Å²) in [5, 5.41) is 0. The number of Topliss-reactive ketones (excluding diaryl/α,β-unsaturated/α-hetero) is 1. The zero-order valence-electron chi connectivity index (χ0n) is 17.4. The van der Waals surface area contributed by atoms with E-state index in [-0.39, 0.29) is 27.2 Å². The third-order valence-electron chi connectivity index (χ3n) is 5.34.